The minimum absolute atomic E-state index is 0.180. The summed E-state index contributed by atoms with van der Waals surface area (Å²) < 4.78 is 9.80. The minimum atomic E-state index is -1.03. The molecule has 1 aromatic carbocycles. The number of benzene rings is 1. The Kier molecular flexibility index (Phi) is 5.72. The van der Waals surface area contributed by atoms with Gasteiger partial charge in [0.05, 0.1) is 15.1 Å². The molecule has 0 bridgehead atoms. The molecule has 0 radical (unpaired) electrons. The molecule has 0 unspecified atom stereocenters. The van der Waals surface area contributed by atoms with E-state index < -0.39 is 24.6 Å². The number of hydrogen-bond acceptors (Lipinski definition) is 4. The highest BCUT2D eigenvalue weighted by atomic mass is 35.5. The molecule has 0 saturated carbocycles. The van der Waals surface area contributed by atoms with Crippen LogP contribution in [-0.2, 0) is 14.3 Å². The van der Waals surface area contributed by atoms with Crippen molar-refractivity contribution in [3.8, 4) is 5.75 Å². The highest BCUT2D eigenvalue weighted by Gasteiger charge is 2.16. The quantitative estimate of drug-likeness (QED) is 0.666. The zero-order chi connectivity index (χ0) is 14.6. The molecule has 1 amide bonds. The van der Waals surface area contributed by atoms with Crippen LogP contribution in [0.3, 0.4) is 0 Å². The average Bonchev–Trinajstić information content (AvgIpc) is 2.32. The maximum atomic E-state index is 11.3. The fraction of sp³-hybridized carbons (Fsp3) is 0.273. The zero-order valence-electron chi connectivity index (χ0n) is 9.78. The Morgan fingerprint density at radius 2 is 1.79 bits per heavy atom. The van der Waals surface area contributed by atoms with Gasteiger partial charge in [0.15, 0.2) is 12.7 Å². The summed E-state index contributed by atoms with van der Waals surface area (Å²) >= 11 is 17.4. The lowest BCUT2D eigenvalue weighted by molar-refractivity contribution is -0.155. The SMILES string of the molecule is C[C@H](OC(=O)COc1cc(Cl)c(Cl)cc1Cl)C(N)=O. The van der Waals surface area contributed by atoms with Gasteiger partial charge in [-0.3, -0.25) is 4.79 Å². The molecule has 19 heavy (non-hydrogen) atoms. The van der Waals surface area contributed by atoms with E-state index in [1.807, 2.05) is 0 Å². The summed E-state index contributed by atoms with van der Waals surface area (Å²) in [6.45, 7) is 0.918. The van der Waals surface area contributed by atoms with E-state index >= 15 is 0 Å². The Morgan fingerprint density at radius 1 is 1.21 bits per heavy atom. The average molecular weight is 327 g/mol. The summed E-state index contributed by atoms with van der Waals surface area (Å²) in [6.07, 6.45) is -1.03. The second kappa shape index (κ2) is 6.84. The molecule has 1 rings (SSSR count). The highest BCUT2D eigenvalue weighted by molar-refractivity contribution is 6.43. The Hall–Kier alpha value is -1.17. The minimum Gasteiger partial charge on any atom is -0.480 e. The molecule has 104 valence electrons. The van der Waals surface area contributed by atoms with Crippen LogP contribution in [0.5, 0.6) is 5.75 Å². The van der Waals surface area contributed by atoms with Crippen molar-refractivity contribution in [3.05, 3.63) is 27.2 Å². The summed E-state index contributed by atoms with van der Waals surface area (Å²) in [6, 6.07) is 2.76. The molecule has 0 heterocycles. The second-order valence-corrected chi connectivity index (χ2v) is 4.74. The van der Waals surface area contributed by atoms with Gasteiger partial charge in [-0.25, -0.2) is 4.79 Å². The van der Waals surface area contributed by atoms with Crippen molar-refractivity contribution in [1.29, 1.82) is 0 Å². The lowest BCUT2D eigenvalue weighted by atomic mass is 10.3. The Morgan fingerprint density at radius 3 is 2.37 bits per heavy atom. The van der Waals surface area contributed by atoms with Crippen LogP contribution in [0.15, 0.2) is 12.1 Å². The molecule has 2 N–H and O–H groups in total. The first-order chi connectivity index (χ1) is 8.81. The number of nitrogens with two attached hydrogens (primary N) is 1. The van der Waals surface area contributed by atoms with E-state index in [1.165, 1.54) is 19.1 Å². The maximum Gasteiger partial charge on any atom is 0.344 e. The van der Waals surface area contributed by atoms with Crippen LogP contribution in [-0.4, -0.2) is 24.6 Å². The molecule has 0 aliphatic rings. The molecule has 1 atom stereocenters. The van der Waals surface area contributed by atoms with E-state index in [1.54, 1.807) is 0 Å². The van der Waals surface area contributed by atoms with Crippen molar-refractivity contribution < 1.29 is 19.1 Å². The van der Waals surface area contributed by atoms with Crippen LogP contribution < -0.4 is 10.5 Å². The summed E-state index contributed by atoms with van der Waals surface area (Å²) in [4.78, 5) is 22.0. The van der Waals surface area contributed by atoms with Gasteiger partial charge in [0.2, 0.25) is 0 Å². The molecule has 0 aliphatic carbocycles. The van der Waals surface area contributed by atoms with Gasteiger partial charge in [0.25, 0.3) is 5.91 Å². The fourth-order valence-electron chi connectivity index (χ4n) is 1.04. The zero-order valence-corrected chi connectivity index (χ0v) is 12.1. The predicted octanol–water partition coefficient (Wildman–Crippen LogP) is 2.44. The van der Waals surface area contributed by atoms with Crippen molar-refractivity contribution in [2.75, 3.05) is 6.61 Å². The Bertz CT molecular complexity index is 507. The van der Waals surface area contributed by atoms with Gasteiger partial charge >= 0.3 is 5.97 Å². The number of hydrogen-bond donors (Lipinski definition) is 1. The normalized spacial score (nSPS) is 11.8. The predicted molar refractivity (Wildman–Crippen MR) is 71.7 cm³/mol. The number of carbonyl (C=O) groups excluding carboxylic acids is 2. The first-order valence-electron chi connectivity index (χ1n) is 5.07. The van der Waals surface area contributed by atoms with E-state index in [9.17, 15) is 9.59 Å². The van der Waals surface area contributed by atoms with Gasteiger partial charge in [-0.1, -0.05) is 34.8 Å². The first-order valence-corrected chi connectivity index (χ1v) is 6.20. The summed E-state index contributed by atoms with van der Waals surface area (Å²) in [5.74, 6) is -1.32. The van der Waals surface area contributed by atoms with Crippen LogP contribution in [0.25, 0.3) is 0 Å². The Balaban J connectivity index is 2.60. The molecule has 0 aliphatic heterocycles. The fourth-order valence-corrected chi connectivity index (χ4v) is 1.63. The van der Waals surface area contributed by atoms with E-state index in [0.29, 0.717) is 0 Å². The van der Waals surface area contributed by atoms with Crippen LogP contribution in [0.4, 0.5) is 0 Å². The van der Waals surface area contributed by atoms with Gasteiger partial charge in [0, 0.05) is 6.07 Å². The van der Waals surface area contributed by atoms with E-state index in [4.69, 9.17) is 45.3 Å². The standard InChI is InChI=1S/C11H10Cl3NO4/c1-5(11(15)17)19-10(16)4-18-9-3-7(13)6(12)2-8(9)14/h2-3,5H,4H2,1H3,(H2,15,17)/t5-/m0/s1. The van der Waals surface area contributed by atoms with Crippen LogP contribution in [0, 0.1) is 0 Å². The topological polar surface area (TPSA) is 78.6 Å². The largest absolute Gasteiger partial charge is 0.480 e. The number of esters is 1. The van der Waals surface area contributed by atoms with Crippen LogP contribution in [0.1, 0.15) is 6.92 Å². The van der Waals surface area contributed by atoms with Crippen molar-refractivity contribution in [3.63, 3.8) is 0 Å². The van der Waals surface area contributed by atoms with Crippen LogP contribution >= 0.6 is 34.8 Å². The van der Waals surface area contributed by atoms with Crippen molar-refractivity contribution in [2.45, 2.75) is 13.0 Å². The number of ether oxygens (including phenoxy) is 2. The first kappa shape index (κ1) is 15.9. The molecule has 0 saturated heterocycles. The molecule has 1 aromatic rings. The van der Waals surface area contributed by atoms with Crippen molar-refractivity contribution >= 4 is 46.7 Å². The third-order valence-electron chi connectivity index (χ3n) is 2.03. The van der Waals surface area contributed by atoms with Gasteiger partial charge in [-0.15, -0.1) is 0 Å². The molecule has 8 heteroatoms. The van der Waals surface area contributed by atoms with Gasteiger partial charge in [-0.05, 0) is 13.0 Å². The lowest BCUT2D eigenvalue weighted by Crippen LogP contribution is -2.32. The molecular weight excluding hydrogens is 316 g/mol. The molecule has 0 spiro atoms. The van der Waals surface area contributed by atoms with Gasteiger partial charge < -0.3 is 15.2 Å². The third kappa shape index (κ3) is 4.78. The number of primary amides is 1. The smallest absolute Gasteiger partial charge is 0.344 e. The summed E-state index contributed by atoms with van der Waals surface area (Å²) in [7, 11) is 0. The van der Waals surface area contributed by atoms with E-state index in [0.717, 1.165) is 0 Å². The number of halogens is 3. The molecule has 5 nitrogen and oxygen atoms in total. The van der Waals surface area contributed by atoms with Gasteiger partial charge in [-0.2, -0.15) is 0 Å². The molecular formula is C11H10Cl3NO4. The number of amides is 1. The Labute approximate surface area is 124 Å². The summed E-state index contributed by atoms with van der Waals surface area (Å²) in [5, 5.41) is 0.703. The van der Waals surface area contributed by atoms with Gasteiger partial charge in [0.1, 0.15) is 5.75 Å². The van der Waals surface area contributed by atoms with Crippen molar-refractivity contribution in [1.82, 2.24) is 0 Å². The van der Waals surface area contributed by atoms with E-state index in [2.05, 4.69) is 4.74 Å². The monoisotopic (exact) mass is 325 g/mol. The van der Waals surface area contributed by atoms with Crippen LogP contribution in [0.2, 0.25) is 15.1 Å². The molecule has 0 fully saturated rings. The number of rotatable bonds is 5. The van der Waals surface area contributed by atoms with E-state index in [-0.39, 0.29) is 20.8 Å². The third-order valence-corrected chi connectivity index (χ3v) is 3.05. The maximum absolute atomic E-state index is 11.3. The molecule has 0 aromatic heterocycles. The summed E-state index contributed by atoms with van der Waals surface area (Å²) in [5.41, 5.74) is 4.94. The number of carbonyl (C=O) groups is 2. The second-order valence-electron chi connectivity index (χ2n) is 3.52. The lowest BCUT2D eigenvalue weighted by Gasteiger charge is -2.11. The van der Waals surface area contributed by atoms with Crippen molar-refractivity contribution in [2.24, 2.45) is 5.73 Å². The highest BCUT2D eigenvalue weighted by Crippen LogP contribution is 2.33.